The van der Waals surface area contributed by atoms with E-state index in [4.69, 9.17) is 14.1 Å². The van der Waals surface area contributed by atoms with Crippen molar-refractivity contribution < 1.29 is 9.15 Å². The fourth-order valence-corrected chi connectivity index (χ4v) is 3.12. The third kappa shape index (κ3) is 4.11. The minimum Gasteiger partial charge on any atom is -0.494 e. The van der Waals surface area contributed by atoms with Crippen molar-refractivity contribution in [3.05, 3.63) is 84.1 Å². The Labute approximate surface area is 158 Å². The number of rotatable bonds is 7. The van der Waals surface area contributed by atoms with Gasteiger partial charge in [-0.1, -0.05) is 24.3 Å². The van der Waals surface area contributed by atoms with E-state index in [0.29, 0.717) is 6.61 Å². The number of para-hydroxylation sites is 2. The van der Waals surface area contributed by atoms with Crippen molar-refractivity contribution in [2.45, 2.75) is 19.9 Å². The van der Waals surface area contributed by atoms with Crippen molar-refractivity contribution in [3.8, 4) is 5.75 Å². The molecule has 0 bridgehead atoms. The summed E-state index contributed by atoms with van der Waals surface area (Å²) in [7, 11) is 0. The van der Waals surface area contributed by atoms with Crippen LogP contribution >= 0.6 is 0 Å². The van der Waals surface area contributed by atoms with Gasteiger partial charge in [-0.3, -0.25) is 0 Å². The zero-order valence-corrected chi connectivity index (χ0v) is 15.3. The molecule has 0 atom stereocenters. The number of aromatic nitrogens is 2. The van der Waals surface area contributed by atoms with E-state index in [9.17, 15) is 0 Å². The van der Waals surface area contributed by atoms with Gasteiger partial charge >= 0.3 is 0 Å². The lowest BCUT2D eigenvalue weighted by molar-refractivity contribution is 0.302. The molecule has 0 spiro atoms. The van der Waals surface area contributed by atoms with E-state index in [-0.39, 0.29) is 0 Å². The first kappa shape index (κ1) is 17.2. The summed E-state index contributed by atoms with van der Waals surface area (Å²) in [6.45, 7) is 3.57. The standard InChI is InChI=1S/C23H22N2O2/c1-18-7-4-8-20(17-18)27-16-6-14-25-22-11-3-2-10-21(22)24-23(25)13-12-19-9-5-15-26-19/h2-5,7-13,15,17H,6,14,16H2,1H3/b13-12+. The molecule has 4 nitrogen and oxygen atoms in total. The molecule has 2 heterocycles. The van der Waals surface area contributed by atoms with Gasteiger partial charge in [0.15, 0.2) is 0 Å². The Morgan fingerprint density at radius 2 is 1.96 bits per heavy atom. The van der Waals surface area contributed by atoms with Crippen molar-refractivity contribution in [2.24, 2.45) is 0 Å². The number of hydrogen-bond donors (Lipinski definition) is 0. The maximum absolute atomic E-state index is 5.89. The van der Waals surface area contributed by atoms with Gasteiger partial charge in [-0.05, 0) is 67.5 Å². The number of nitrogens with zero attached hydrogens (tertiary/aromatic N) is 2. The molecule has 0 saturated heterocycles. The van der Waals surface area contributed by atoms with Gasteiger partial charge in [0, 0.05) is 6.54 Å². The van der Waals surface area contributed by atoms with Gasteiger partial charge in [0.05, 0.1) is 23.9 Å². The Balaban J connectivity index is 1.48. The molecule has 2 aromatic carbocycles. The van der Waals surface area contributed by atoms with Crippen molar-refractivity contribution >= 4 is 23.2 Å². The summed E-state index contributed by atoms with van der Waals surface area (Å²) < 4.78 is 13.5. The minimum absolute atomic E-state index is 0.664. The average Bonchev–Trinajstić information content (AvgIpc) is 3.31. The summed E-state index contributed by atoms with van der Waals surface area (Å²) in [6.07, 6.45) is 6.52. The lowest BCUT2D eigenvalue weighted by Crippen LogP contribution is -2.06. The zero-order valence-electron chi connectivity index (χ0n) is 15.3. The summed E-state index contributed by atoms with van der Waals surface area (Å²) in [6, 6.07) is 20.2. The molecule has 0 amide bonds. The lowest BCUT2D eigenvalue weighted by atomic mass is 10.2. The van der Waals surface area contributed by atoms with Gasteiger partial charge in [-0.25, -0.2) is 4.98 Å². The number of furan rings is 1. The molecule has 0 fully saturated rings. The van der Waals surface area contributed by atoms with E-state index < -0.39 is 0 Å². The van der Waals surface area contributed by atoms with E-state index in [0.717, 1.165) is 41.3 Å². The van der Waals surface area contributed by atoms with E-state index in [1.807, 2.05) is 54.6 Å². The second-order valence-electron chi connectivity index (χ2n) is 6.48. The molecular weight excluding hydrogens is 336 g/mol. The number of hydrogen-bond acceptors (Lipinski definition) is 3. The minimum atomic E-state index is 0.664. The molecule has 0 unspecified atom stereocenters. The molecule has 0 aliphatic heterocycles. The maximum Gasteiger partial charge on any atom is 0.133 e. The molecule has 27 heavy (non-hydrogen) atoms. The van der Waals surface area contributed by atoms with Crippen LogP contribution in [0.3, 0.4) is 0 Å². The van der Waals surface area contributed by atoms with Gasteiger partial charge < -0.3 is 13.7 Å². The topological polar surface area (TPSA) is 40.2 Å². The van der Waals surface area contributed by atoms with E-state index in [2.05, 4.69) is 29.7 Å². The Morgan fingerprint density at radius 1 is 1.04 bits per heavy atom. The Hall–Kier alpha value is -3.27. The fraction of sp³-hybridized carbons (Fsp3) is 0.174. The van der Waals surface area contributed by atoms with Crippen LogP contribution in [0.15, 0.2) is 71.3 Å². The van der Waals surface area contributed by atoms with Crippen molar-refractivity contribution in [1.82, 2.24) is 9.55 Å². The highest BCUT2D eigenvalue weighted by atomic mass is 16.5. The summed E-state index contributed by atoms with van der Waals surface area (Å²) in [5.74, 6) is 2.66. The second-order valence-corrected chi connectivity index (χ2v) is 6.48. The van der Waals surface area contributed by atoms with Crippen molar-refractivity contribution in [1.29, 1.82) is 0 Å². The zero-order chi connectivity index (χ0) is 18.5. The van der Waals surface area contributed by atoms with Crippen LogP contribution in [0.25, 0.3) is 23.2 Å². The fourth-order valence-electron chi connectivity index (χ4n) is 3.12. The molecule has 4 aromatic rings. The number of imidazole rings is 1. The third-order valence-electron chi connectivity index (χ3n) is 4.41. The summed E-state index contributed by atoms with van der Waals surface area (Å²) in [5.41, 5.74) is 3.34. The molecule has 0 N–H and O–H groups in total. The molecule has 4 rings (SSSR count). The summed E-state index contributed by atoms with van der Waals surface area (Å²) in [5, 5.41) is 0. The van der Waals surface area contributed by atoms with E-state index >= 15 is 0 Å². The first-order valence-corrected chi connectivity index (χ1v) is 9.16. The third-order valence-corrected chi connectivity index (χ3v) is 4.41. The second kappa shape index (κ2) is 7.96. The van der Waals surface area contributed by atoms with Crippen LogP contribution in [-0.2, 0) is 6.54 Å². The van der Waals surface area contributed by atoms with Crippen LogP contribution in [0.2, 0.25) is 0 Å². The quantitative estimate of drug-likeness (QED) is 0.405. The van der Waals surface area contributed by atoms with Crippen LogP contribution in [0.1, 0.15) is 23.6 Å². The highest BCUT2D eigenvalue weighted by molar-refractivity contribution is 5.79. The first-order chi connectivity index (χ1) is 13.3. The van der Waals surface area contributed by atoms with Crippen LogP contribution in [0.4, 0.5) is 0 Å². The average molecular weight is 358 g/mol. The molecule has 2 aromatic heterocycles. The lowest BCUT2D eigenvalue weighted by Gasteiger charge is -2.09. The molecule has 0 saturated carbocycles. The van der Waals surface area contributed by atoms with Crippen LogP contribution < -0.4 is 4.74 Å². The summed E-state index contributed by atoms with van der Waals surface area (Å²) in [4.78, 5) is 4.75. The largest absolute Gasteiger partial charge is 0.494 e. The van der Waals surface area contributed by atoms with E-state index in [1.165, 1.54) is 5.56 Å². The highest BCUT2D eigenvalue weighted by Gasteiger charge is 2.08. The number of fused-ring (bicyclic) bond motifs is 1. The predicted molar refractivity (Wildman–Crippen MR) is 109 cm³/mol. The Kier molecular flexibility index (Phi) is 5.06. The monoisotopic (exact) mass is 358 g/mol. The first-order valence-electron chi connectivity index (χ1n) is 9.16. The van der Waals surface area contributed by atoms with Gasteiger partial charge in [0.1, 0.15) is 17.3 Å². The SMILES string of the molecule is Cc1cccc(OCCCn2c(/C=C/c3ccco3)nc3ccccc32)c1. The molecule has 0 aliphatic carbocycles. The molecule has 0 radical (unpaired) electrons. The Morgan fingerprint density at radius 3 is 2.81 bits per heavy atom. The van der Waals surface area contributed by atoms with Gasteiger partial charge in [0.2, 0.25) is 0 Å². The van der Waals surface area contributed by atoms with Gasteiger partial charge in [0.25, 0.3) is 0 Å². The van der Waals surface area contributed by atoms with Gasteiger partial charge in [-0.2, -0.15) is 0 Å². The molecule has 136 valence electrons. The highest BCUT2D eigenvalue weighted by Crippen LogP contribution is 2.19. The van der Waals surface area contributed by atoms with Crippen LogP contribution in [0, 0.1) is 6.92 Å². The van der Waals surface area contributed by atoms with Crippen molar-refractivity contribution in [3.63, 3.8) is 0 Å². The van der Waals surface area contributed by atoms with E-state index in [1.54, 1.807) is 6.26 Å². The van der Waals surface area contributed by atoms with Crippen molar-refractivity contribution in [2.75, 3.05) is 6.61 Å². The smallest absolute Gasteiger partial charge is 0.133 e. The molecular formula is C23H22N2O2. The van der Waals surface area contributed by atoms with Crippen LogP contribution in [-0.4, -0.2) is 16.2 Å². The summed E-state index contributed by atoms with van der Waals surface area (Å²) >= 11 is 0. The Bertz CT molecular complexity index is 1050. The molecule has 4 heteroatoms. The normalized spacial score (nSPS) is 11.4. The number of aryl methyl sites for hydroxylation is 2. The molecule has 0 aliphatic rings. The maximum atomic E-state index is 5.89. The number of ether oxygens (including phenoxy) is 1. The predicted octanol–water partition coefficient (Wildman–Crippen LogP) is 5.58. The van der Waals surface area contributed by atoms with Crippen LogP contribution in [0.5, 0.6) is 5.75 Å². The van der Waals surface area contributed by atoms with Gasteiger partial charge in [-0.15, -0.1) is 0 Å². The number of benzene rings is 2.